The first-order valence-electron chi connectivity index (χ1n) is 8.94. The van der Waals surface area contributed by atoms with Crippen molar-refractivity contribution in [1.82, 2.24) is 19.6 Å². The molecule has 0 fully saturated rings. The molecule has 8 nitrogen and oxygen atoms in total. The molecule has 1 N–H and O–H groups in total. The van der Waals surface area contributed by atoms with Crippen molar-refractivity contribution in [3.63, 3.8) is 0 Å². The highest BCUT2D eigenvalue weighted by atomic mass is 35.5. The van der Waals surface area contributed by atoms with E-state index in [1.807, 2.05) is 30.7 Å². The van der Waals surface area contributed by atoms with Crippen molar-refractivity contribution in [2.75, 3.05) is 12.4 Å². The van der Waals surface area contributed by atoms with Crippen LogP contribution in [0.4, 0.5) is 5.69 Å². The number of hydrogen-bond donors (Lipinski definition) is 1. The lowest BCUT2D eigenvalue weighted by Gasteiger charge is -2.08. The molecule has 0 unspecified atom stereocenters. The van der Waals surface area contributed by atoms with Gasteiger partial charge >= 0.3 is 5.97 Å². The molecule has 3 aromatic rings. The Morgan fingerprint density at radius 2 is 1.76 bits per heavy atom. The molecule has 2 heterocycles. The lowest BCUT2D eigenvalue weighted by atomic mass is 10.1. The fourth-order valence-electron chi connectivity index (χ4n) is 2.95. The Morgan fingerprint density at radius 3 is 2.31 bits per heavy atom. The maximum atomic E-state index is 12.7. The Hall–Kier alpha value is -3.13. The molecular weight excluding hydrogens is 394 g/mol. The number of amides is 1. The van der Waals surface area contributed by atoms with Crippen molar-refractivity contribution >= 4 is 29.2 Å². The lowest BCUT2D eigenvalue weighted by molar-refractivity contribution is 0.0594. The van der Waals surface area contributed by atoms with Crippen molar-refractivity contribution < 1.29 is 14.3 Å². The maximum absolute atomic E-state index is 12.7. The standard InChI is InChI=1S/C20H22ClN5O3/c1-11-16(21)12(2)26(23-11)10-14-6-8-15(9-7-14)19(27)22-17-13(3)25(4)24-18(17)20(28)29-5/h6-9H,10H2,1-5H3,(H,22,27). The van der Waals surface area contributed by atoms with Gasteiger partial charge in [0.05, 0.1) is 41.4 Å². The predicted octanol–water partition coefficient (Wildman–Crippen LogP) is 3.28. The number of carbonyl (C=O) groups excluding carboxylic acids is 2. The Labute approximate surface area is 173 Å². The molecule has 0 saturated carbocycles. The molecule has 9 heteroatoms. The number of esters is 1. The van der Waals surface area contributed by atoms with Crippen LogP contribution in [0.2, 0.25) is 5.02 Å². The smallest absolute Gasteiger partial charge is 0.360 e. The second-order valence-corrected chi connectivity index (χ2v) is 7.10. The number of carbonyl (C=O) groups is 2. The summed E-state index contributed by atoms with van der Waals surface area (Å²) in [5, 5.41) is 12.0. The molecule has 0 aliphatic carbocycles. The summed E-state index contributed by atoms with van der Waals surface area (Å²) in [5.74, 6) is -0.949. The summed E-state index contributed by atoms with van der Waals surface area (Å²) in [6.07, 6.45) is 0. The highest BCUT2D eigenvalue weighted by Gasteiger charge is 2.22. The van der Waals surface area contributed by atoms with E-state index >= 15 is 0 Å². The third kappa shape index (κ3) is 4.02. The zero-order chi connectivity index (χ0) is 21.3. The predicted molar refractivity (Wildman–Crippen MR) is 109 cm³/mol. The topological polar surface area (TPSA) is 91.0 Å². The summed E-state index contributed by atoms with van der Waals surface area (Å²) in [4.78, 5) is 24.6. The molecule has 0 saturated heterocycles. The van der Waals surface area contributed by atoms with Crippen LogP contribution in [0.15, 0.2) is 24.3 Å². The van der Waals surface area contributed by atoms with E-state index in [0.29, 0.717) is 28.5 Å². The highest BCUT2D eigenvalue weighted by molar-refractivity contribution is 6.31. The molecule has 152 valence electrons. The molecule has 1 amide bonds. The zero-order valence-corrected chi connectivity index (χ0v) is 17.7. The summed E-state index contributed by atoms with van der Waals surface area (Å²) in [5.41, 5.74) is 4.18. The van der Waals surface area contributed by atoms with Crippen LogP contribution in [0.5, 0.6) is 0 Å². The fourth-order valence-corrected chi connectivity index (χ4v) is 3.08. The Morgan fingerprint density at radius 1 is 1.10 bits per heavy atom. The first-order valence-corrected chi connectivity index (χ1v) is 9.32. The van der Waals surface area contributed by atoms with Crippen LogP contribution in [-0.2, 0) is 18.3 Å². The normalized spacial score (nSPS) is 10.8. The largest absolute Gasteiger partial charge is 0.464 e. The average Bonchev–Trinajstić information content (AvgIpc) is 3.12. The summed E-state index contributed by atoms with van der Waals surface area (Å²) in [6.45, 7) is 6.09. The van der Waals surface area contributed by atoms with Gasteiger partial charge in [0, 0.05) is 12.6 Å². The fraction of sp³-hybridized carbons (Fsp3) is 0.300. The van der Waals surface area contributed by atoms with Crippen LogP contribution < -0.4 is 5.32 Å². The van der Waals surface area contributed by atoms with Crippen LogP contribution >= 0.6 is 11.6 Å². The van der Waals surface area contributed by atoms with Gasteiger partial charge in [0.25, 0.3) is 5.91 Å². The van der Waals surface area contributed by atoms with Crippen molar-refractivity contribution in [3.8, 4) is 0 Å². The molecule has 29 heavy (non-hydrogen) atoms. The van der Waals surface area contributed by atoms with Crippen molar-refractivity contribution in [2.45, 2.75) is 27.3 Å². The number of rotatable bonds is 5. The quantitative estimate of drug-likeness (QED) is 0.645. The van der Waals surface area contributed by atoms with E-state index < -0.39 is 5.97 Å². The molecule has 0 aliphatic rings. The van der Waals surface area contributed by atoms with Gasteiger partial charge in [-0.15, -0.1) is 0 Å². The molecule has 1 aromatic carbocycles. The number of halogens is 1. The number of anilines is 1. The first kappa shape index (κ1) is 20.6. The average molecular weight is 416 g/mol. The van der Waals surface area contributed by atoms with Crippen LogP contribution in [0.25, 0.3) is 0 Å². The second-order valence-electron chi connectivity index (χ2n) is 6.72. The number of aryl methyl sites for hydroxylation is 2. The van der Waals surface area contributed by atoms with Crippen molar-refractivity contribution in [3.05, 3.63) is 63.2 Å². The van der Waals surface area contributed by atoms with E-state index in [1.165, 1.54) is 11.8 Å². The number of ether oxygens (including phenoxy) is 1. The number of hydrogen-bond acceptors (Lipinski definition) is 5. The number of aromatic nitrogens is 4. The van der Waals surface area contributed by atoms with E-state index in [9.17, 15) is 9.59 Å². The van der Waals surface area contributed by atoms with E-state index in [2.05, 4.69) is 15.5 Å². The molecular formula is C20H22ClN5O3. The summed E-state index contributed by atoms with van der Waals surface area (Å²) in [7, 11) is 2.96. The van der Waals surface area contributed by atoms with Gasteiger partial charge in [-0.2, -0.15) is 10.2 Å². The summed E-state index contributed by atoms with van der Waals surface area (Å²) < 4.78 is 8.09. The SMILES string of the molecule is COC(=O)c1nn(C)c(C)c1NC(=O)c1ccc(Cn2nc(C)c(Cl)c2C)cc1. The molecule has 0 aliphatic heterocycles. The van der Waals surface area contributed by atoms with Crippen molar-refractivity contribution in [1.29, 1.82) is 0 Å². The molecule has 0 spiro atoms. The van der Waals surface area contributed by atoms with Crippen LogP contribution in [0.3, 0.4) is 0 Å². The van der Waals surface area contributed by atoms with Gasteiger partial charge in [0.15, 0.2) is 5.69 Å². The molecule has 0 atom stereocenters. The highest BCUT2D eigenvalue weighted by Crippen LogP contribution is 2.22. The van der Waals surface area contributed by atoms with Gasteiger partial charge in [-0.25, -0.2) is 4.79 Å². The molecule has 0 bridgehead atoms. The van der Waals surface area contributed by atoms with Gasteiger partial charge in [0.2, 0.25) is 0 Å². The Balaban J connectivity index is 1.78. The minimum atomic E-state index is -0.608. The van der Waals surface area contributed by atoms with E-state index in [1.54, 1.807) is 26.1 Å². The third-order valence-corrected chi connectivity index (χ3v) is 5.34. The monoisotopic (exact) mass is 415 g/mol. The van der Waals surface area contributed by atoms with Gasteiger partial charge < -0.3 is 10.1 Å². The van der Waals surface area contributed by atoms with Gasteiger partial charge in [-0.1, -0.05) is 23.7 Å². The maximum Gasteiger partial charge on any atom is 0.360 e. The molecule has 0 radical (unpaired) electrons. The molecule has 3 rings (SSSR count). The van der Waals surface area contributed by atoms with E-state index in [-0.39, 0.29) is 11.6 Å². The molecule has 2 aromatic heterocycles. The van der Waals surface area contributed by atoms with Gasteiger partial charge in [-0.3, -0.25) is 14.2 Å². The van der Waals surface area contributed by atoms with E-state index in [0.717, 1.165) is 17.0 Å². The summed E-state index contributed by atoms with van der Waals surface area (Å²) >= 11 is 6.19. The third-order valence-electron chi connectivity index (χ3n) is 4.79. The Bertz CT molecular complexity index is 1080. The number of benzene rings is 1. The first-order chi connectivity index (χ1) is 13.7. The minimum absolute atomic E-state index is 0.0684. The second kappa shape index (κ2) is 8.08. The summed E-state index contributed by atoms with van der Waals surface area (Å²) in [6, 6.07) is 7.16. The van der Waals surface area contributed by atoms with Gasteiger partial charge in [0.1, 0.15) is 0 Å². The van der Waals surface area contributed by atoms with E-state index in [4.69, 9.17) is 16.3 Å². The Kier molecular flexibility index (Phi) is 5.74. The van der Waals surface area contributed by atoms with Crippen LogP contribution in [0.1, 0.15) is 43.5 Å². The van der Waals surface area contributed by atoms with Crippen molar-refractivity contribution in [2.24, 2.45) is 7.05 Å². The minimum Gasteiger partial charge on any atom is -0.464 e. The number of nitrogens with one attached hydrogen (secondary N) is 1. The lowest BCUT2D eigenvalue weighted by Crippen LogP contribution is -2.15. The van der Waals surface area contributed by atoms with Crippen LogP contribution in [0, 0.1) is 20.8 Å². The zero-order valence-electron chi connectivity index (χ0n) is 16.9. The van der Waals surface area contributed by atoms with Gasteiger partial charge in [-0.05, 0) is 38.5 Å². The number of methoxy groups -OCH3 is 1. The van der Waals surface area contributed by atoms with Crippen LogP contribution in [-0.4, -0.2) is 38.5 Å². The number of nitrogens with zero attached hydrogens (tertiary/aromatic N) is 4.